The summed E-state index contributed by atoms with van der Waals surface area (Å²) in [6.45, 7) is 4.81. The van der Waals surface area contributed by atoms with Crippen molar-refractivity contribution in [3.63, 3.8) is 0 Å². The average Bonchev–Trinajstić information content (AvgIpc) is 2.94. The van der Waals surface area contributed by atoms with Gasteiger partial charge in [0.2, 0.25) is 0 Å². The second-order valence-corrected chi connectivity index (χ2v) is 5.11. The lowest BCUT2D eigenvalue weighted by atomic mass is 10.1. The van der Waals surface area contributed by atoms with Crippen molar-refractivity contribution in [2.45, 2.75) is 32.9 Å². The summed E-state index contributed by atoms with van der Waals surface area (Å²) >= 11 is 0. The fourth-order valence-electron chi connectivity index (χ4n) is 2.79. The first kappa shape index (κ1) is 12.0. The van der Waals surface area contributed by atoms with Crippen LogP contribution in [0.25, 0.3) is 0 Å². The van der Waals surface area contributed by atoms with Crippen LogP contribution in [0, 0.1) is 13.8 Å². The Kier molecular flexibility index (Phi) is 2.90. The van der Waals surface area contributed by atoms with Crippen LogP contribution in [-0.4, -0.2) is 17.0 Å². The molecule has 0 aliphatic carbocycles. The molecule has 2 heterocycles. The molecule has 0 fully saturated rings. The summed E-state index contributed by atoms with van der Waals surface area (Å²) in [5.41, 5.74) is 4.17. The van der Waals surface area contributed by atoms with Gasteiger partial charge in [0.05, 0.1) is 6.54 Å². The molecule has 1 aliphatic heterocycles. The van der Waals surface area contributed by atoms with Crippen molar-refractivity contribution < 1.29 is 9.53 Å². The van der Waals surface area contributed by atoms with Gasteiger partial charge < -0.3 is 9.30 Å². The number of carbonyl (C=O) groups is 1. The van der Waals surface area contributed by atoms with Gasteiger partial charge in [-0.1, -0.05) is 18.2 Å². The van der Waals surface area contributed by atoms with Gasteiger partial charge in [0.15, 0.2) is 6.29 Å². The van der Waals surface area contributed by atoms with Crippen LogP contribution in [0.5, 0.6) is 5.75 Å². The molecular weight excluding hydrogens is 238 g/mol. The van der Waals surface area contributed by atoms with Crippen molar-refractivity contribution in [2.24, 2.45) is 0 Å². The van der Waals surface area contributed by atoms with Crippen LogP contribution >= 0.6 is 0 Å². The molecule has 1 aliphatic rings. The molecule has 3 nitrogen and oxygen atoms in total. The van der Waals surface area contributed by atoms with Gasteiger partial charge in [0, 0.05) is 23.4 Å². The summed E-state index contributed by atoms with van der Waals surface area (Å²) in [6.07, 6.45) is 2.01. The highest BCUT2D eigenvalue weighted by molar-refractivity contribution is 5.77. The van der Waals surface area contributed by atoms with Gasteiger partial charge in [0.1, 0.15) is 11.9 Å². The number of hydrogen-bond donors (Lipinski definition) is 0. The van der Waals surface area contributed by atoms with E-state index in [9.17, 15) is 4.79 Å². The van der Waals surface area contributed by atoms with Gasteiger partial charge >= 0.3 is 0 Å². The van der Waals surface area contributed by atoms with Gasteiger partial charge in [-0.3, -0.25) is 4.79 Å². The van der Waals surface area contributed by atoms with Crippen LogP contribution in [0.3, 0.4) is 0 Å². The highest BCUT2D eigenvalue weighted by Crippen LogP contribution is 2.29. The minimum absolute atomic E-state index is 0.154. The zero-order valence-corrected chi connectivity index (χ0v) is 11.2. The number of ether oxygens (including phenoxy) is 1. The number of fused-ring (bicyclic) bond motifs is 1. The van der Waals surface area contributed by atoms with Crippen molar-refractivity contribution in [3.05, 3.63) is 52.8 Å². The average molecular weight is 255 g/mol. The van der Waals surface area contributed by atoms with Gasteiger partial charge in [0.25, 0.3) is 0 Å². The fraction of sp³-hybridized carbons (Fsp3) is 0.312. The van der Waals surface area contributed by atoms with Gasteiger partial charge in [-0.25, -0.2) is 0 Å². The Morgan fingerprint density at radius 1 is 1.37 bits per heavy atom. The number of benzene rings is 1. The molecule has 3 heteroatoms. The van der Waals surface area contributed by atoms with E-state index in [0.717, 1.165) is 42.0 Å². The zero-order valence-electron chi connectivity index (χ0n) is 11.2. The second kappa shape index (κ2) is 4.57. The molecule has 98 valence electrons. The molecule has 0 saturated carbocycles. The van der Waals surface area contributed by atoms with Crippen LogP contribution in [0.1, 0.15) is 27.3 Å². The first-order valence-corrected chi connectivity index (χ1v) is 6.55. The Morgan fingerprint density at radius 2 is 2.16 bits per heavy atom. The lowest BCUT2D eigenvalue weighted by molar-refractivity contribution is 0.112. The molecule has 1 unspecified atom stereocenters. The maximum atomic E-state index is 11.0. The van der Waals surface area contributed by atoms with E-state index < -0.39 is 0 Å². The predicted molar refractivity (Wildman–Crippen MR) is 73.9 cm³/mol. The Balaban J connectivity index is 1.81. The van der Waals surface area contributed by atoms with Crippen LogP contribution in [0.2, 0.25) is 0 Å². The third-order valence-electron chi connectivity index (χ3n) is 3.84. The minimum Gasteiger partial charge on any atom is -0.488 e. The maximum Gasteiger partial charge on any atom is 0.151 e. The van der Waals surface area contributed by atoms with Crippen LogP contribution in [0.4, 0.5) is 0 Å². The van der Waals surface area contributed by atoms with Crippen molar-refractivity contribution in [1.29, 1.82) is 0 Å². The van der Waals surface area contributed by atoms with E-state index in [1.54, 1.807) is 0 Å². The first-order chi connectivity index (χ1) is 9.19. The monoisotopic (exact) mass is 255 g/mol. The number of para-hydroxylation sites is 1. The maximum absolute atomic E-state index is 11.0. The number of nitrogens with zero attached hydrogens (tertiary/aromatic N) is 1. The molecule has 0 saturated heterocycles. The van der Waals surface area contributed by atoms with Crippen molar-refractivity contribution in [2.75, 3.05) is 0 Å². The molecule has 1 aromatic heterocycles. The smallest absolute Gasteiger partial charge is 0.151 e. The lowest BCUT2D eigenvalue weighted by Gasteiger charge is -2.15. The lowest BCUT2D eigenvalue weighted by Crippen LogP contribution is -2.22. The van der Waals surface area contributed by atoms with E-state index >= 15 is 0 Å². The van der Waals surface area contributed by atoms with E-state index in [4.69, 9.17) is 4.74 Å². The summed E-state index contributed by atoms with van der Waals surface area (Å²) in [5.74, 6) is 0.991. The molecule has 19 heavy (non-hydrogen) atoms. The Labute approximate surface area is 112 Å². The van der Waals surface area contributed by atoms with Gasteiger partial charge in [-0.2, -0.15) is 0 Å². The summed E-state index contributed by atoms with van der Waals surface area (Å²) in [5, 5.41) is 0. The van der Waals surface area contributed by atoms with Crippen molar-refractivity contribution in [1.82, 2.24) is 4.57 Å². The third kappa shape index (κ3) is 2.05. The first-order valence-electron chi connectivity index (χ1n) is 6.55. The predicted octanol–water partition coefficient (Wildman–Crippen LogP) is 2.92. The highest BCUT2D eigenvalue weighted by atomic mass is 16.5. The molecule has 3 rings (SSSR count). The van der Waals surface area contributed by atoms with Gasteiger partial charge in [-0.05, 0) is 31.5 Å². The zero-order chi connectivity index (χ0) is 13.4. The molecule has 1 atom stereocenters. The molecule has 0 spiro atoms. The highest BCUT2D eigenvalue weighted by Gasteiger charge is 2.23. The normalized spacial score (nSPS) is 17.1. The van der Waals surface area contributed by atoms with Crippen LogP contribution < -0.4 is 4.74 Å². The third-order valence-corrected chi connectivity index (χ3v) is 3.84. The fourth-order valence-corrected chi connectivity index (χ4v) is 2.79. The number of aldehydes is 1. The summed E-state index contributed by atoms with van der Waals surface area (Å²) in [7, 11) is 0. The molecule has 0 amide bonds. The molecule has 2 aromatic rings. The largest absolute Gasteiger partial charge is 0.488 e. The Morgan fingerprint density at radius 3 is 2.84 bits per heavy atom. The van der Waals surface area contributed by atoms with Crippen LogP contribution in [-0.2, 0) is 13.0 Å². The van der Waals surface area contributed by atoms with E-state index in [1.165, 1.54) is 5.56 Å². The molecule has 1 aromatic carbocycles. The topological polar surface area (TPSA) is 31.2 Å². The Hall–Kier alpha value is -2.03. The number of carbonyl (C=O) groups excluding carboxylic acids is 1. The SMILES string of the molecule is Cc1cc(C=O)c(C)n1CC1Cc2ccccc2O1. The van der Waals surface area contributed by atoms with Gasteiger partial charge in [-0.15, -0.1) is 0 Å². The summed E-state index contributed by atoms with van der Waals surface area (Å²) < 4.78 is 8.12. The standard InChI is InChI=1S/C16H17NO2/c1-11-7-14(10-18)12(2)17(11)9-15-8-13-5-3-4-6-16(13)19-15/h3-7,10,15H,8-9H2,1-2H3. The van der Waals surface area contributed by atoms with E-state index in [2.05, 4.69) is 10.6 Å². The molecule has 0 N–H and O–H groups in total. The van der Waals surface area contributed by atoms with Crippen LogP contribution in [0.15, 0.2) is 30.3 Å². The number of hydrogen-bond acceptors (Lipinski definition) is 2. The summed E-state index contributed by atoms with van der Waals surface area (Å²) in [6, 6.07) is 10.1. The molecular formula is C16H17NO2. The second-order valence-electron chi connectivity index (χ2n) is 5.11. The van der Waals surface area contributed by atoms with E-state index in [0.29, 0.717) is 0 Å². The number of aromatic nitrogens is 1. The van der Waals surface area contributed by atoms with Crippen molar-refractivity contribution in [3.8, 4) is 5.75 Å². The minimum atomic E-state index is 0.154. The van der Waals surface area contributed by atoms with E-state index in [-0.39, 0.29) is 6.10 Å². The molecule has 0 bridgehead atoms. The summed E-state index contributed by atoms with van der Waals surface area (Å²) in [4.78, 5) is 11.0. The number of rotatable bonds is 3. The number of aryl methyl sites for hydroxylation is 1. The van der Waals surface area contributed by atoms with E-state index in [1.807, 2.05) is 38.1 Å². The quantitative estimate of drug-likeness (QED) is 0.790. The molecule has 0 radical (unpaired) electrons. The van der Waals surface area contributed by atoms with Crippen molar-refractivity contribution >= 4 is 6.29 Å². The Bertz CT molecular complexity index is 603.